The van der Waals surface area contributed by atoms with Crippen molar-refractivity contribution in [3.63, 3.8) is 0 Å². The number of aromatic nitrogens is 1. The zero-order chi connectivity index (χ0) is 18.4. The standard InChI is InChI=1S/C19H12Cl3NO3/c1-25-19(24)18-15(9-6-12(20)16(22)13(21)7-9)11-8-26-14-5-3-2-4-10(14)17(11)23-18/h2-7,23H,8H2,1H3. The van der Waals surface area contributed by atoms with Crippen molar-refractivity contribution in [1.29, 1.82) is 0 Å². The normalized spacial score (nSPS) is 12.2. The number of hydrogen-bond acceptors (Lipinski definition) is 3. The summed E-state index contributed by atoms with van der Waals surface area (Å²) in [7, 11) is 1.33. The van der Waals surface area contributed by atoms with Crippen molar-refractivity contribution < 1.29 is 14.3 Å². The molecule has 0 spiro atoms. The molecule has 4 rings (SSSR count). The first kappa shape index (κ1) is 17.3. The lowest BCUT2D eigenvalue weighted by Gasteiger charge is -2.18. The molecule has 132 valence electrons. The molecule has 0 bridgehead atoms. The number of H-pyrrole nitrogens is 1. The Kier molecular flexibility index (Phi) is 4.35. The first-order valence-electron chi connectivity index (χ1n) is 7.71. The van der Waals surface area contributed by atoms with Crippen LogP contribution in [0.4, 0.5) is 0 Å². The van der Waals surface area contributed by atoms with Crippen LogP contribution in [-0.2, 0) is 11.3 Å². The molecule has 0 saturated heterocycles. The summed E-state index contributed by atoms with van der Waals surface area (Å²) >= 11 is 18.4. The second-order valence-electron chi connectivity index (χ2n) is 5.76. The van der Waals surface area contributed by atoms with Gasteiger partial charge < -0.3 is 14.5 Å². The van der Waals surface area contributed by atoms with Crippen molar-refractivity contribution >= 4 is 40.8 Å². The number of fused-ring (bicyclic) bond motifs is 3. The second kappa shape index (κ2) is 6.54. The summed E-state index contributed by atoms with van der Waals surface area (Å²) in [5, 5.41) is 0.872. The Balaban J connectivity index is 2.01. The van der Waals surface area contributed by atoms with Crippen LogP contribution in [0.2, 0.25) is 15.1 Å². The molecular formula is C19H12Cl3NO3. The Bertz CT molecular complexity index is 1020. The summed E-state index contributed by atoms with van der Waals surface area (Å²) in [5.74, 6) is 0.255. The third kappa shape index (κ3) is 2.65. The molecule has 0 amide bonds. The molecule has 7 heteroatoms. The van der Waals surface area contributed by atoms with Crippen LogP contribution in [-0.4, -0.2) is 18.1 Å². The number of benzene rings is 2. The number of aromatic amines is 1. The number of para-hydroxylation sites is 1. The van der Waals surface area contributed by atoms with Gasteiger partial charge in [0.05, 0.1) is 27.9 Å². The van der Waals surface area contributed by atoms with Gasteiger partial charge in [-0.2, -0.15) is 0 Å². The zero-order valence-corrected chi connectivity index (χ0v) is 15.8. The van der Waals surface area contributed by atoms with E-state index in [1.807, 2.05) is 24.3 Å². The van der Waals surface area contributed by atoms with Crippen LogP contribution in [0.15, 0.2) is 36.4 Å². The maximum atomic E-state index is 12.4. The zero-order valence-electron chi connectivity index (χ0n) is 13.5. The molecule has 0 aliphatic carbocycles. The highest BCUT2D eigenvalue weighted by atomic mass is 35.5. The van der Waals surface area contributed by atoms with Crippen molar-refractivity contribution in [3.05, 3.63) is 62.7 Å². The van der Waals surface area contributed by atoms with Gasteiger partial charge in [0.2, 0.25) is 0 Å². The highest BCUT2D eigenvalue weighted by molar-refractivity contribution is 6.48. The van der Waals surface area contributed by atoms with Gasteiger partial charge >= 0.3 is 5.97 Å². The lowest BCUT2D eigenvalue weighted by molar-refractivity contribution is 0.0596. The number of rotatable bonds is 2. The van der Waals surface area contributed by atoms with E-state index in [9.17, 15) is 4.79 Å². The molecule has 2 aromatic carbocycles. The number of carbonyl (C=O) groups is 1. The van der Waals surface area contributed by atoms with Gasteiger partial charge in [-0.15, -0.1) is 0 Å². The Morgan fingerprint density at radius 3 is 2.54 bits per heavy atom. The molecule has 26 heavy (non-hydrogen) atoms. The highest BCUT2D eigenvalue weighted by Crippen LogP contribution is 2.45. The SMILES string of the molecule is COC(=O)c1[nH]c2c(c1-c1cc(Cl)c(Cl)c(Cl)c1)COc1ccccc1-2. The smallest absolute Gasteiger partial charge is 0.355 e. The van der Waals surface area contributed by atoms with Crippen molar-refractivity contribution in [3.8, 4) is 28.1 Å². The molecule has 2 heterocycles. The van der Waals surface area contributed by atoms with E-state index in [0.717, 1.165) is 22.6 Å². The average molecular weight is 409 g/mol. The molecule has 1 aromatic heterocycles. The first-order valence-corrected chi connectivity index (χ1v) is 8.85. The molecule has 0 unspecified atom stereocenters. The van der Waals surface area contributed by atoms with Gasteiger partial charge in [-0.05, 0) is 29.8 Å². The van der Waals surface area contributed by atoms with E-state index in [0.29, 0.717) is 33.5 Å². The van der Waals surface area contributed by atoms with Crippen molar-refractivity contribution in [2.45, 2.75) is 6.61 Å². The molecule has 0 fully saturated rings. The van der Waals surface area contributed by atoms with Crippen LogP contribution in [0, 0.1) is 0 Å². The van der Waals surface area contributed by atoms with Crippen LogP contribution in [0.25, 0.3) is 22.4 Å². The maximum absolute atomic E-state index is 12.4. The summed E-state index contributed by atoms with van der Waals surface area (Å²) in [6.07, 6.45) is 0. The Morgan fingerprint density at radius 2 is 1.85 bits per heavy atom. The number of methoxy groups -OCH3 is 1. The molecule has 0 saturated carbocycles. The van der Waals surface area contributed by atoms with Gasteiger partial charge in [-0.1, -0.05) is 46.9 Å². The van der Waals surface area contributed by atoms with E-state index >= 15 is 0 Å². The summed E-state index contributed by atoms with van der Waals surface area (Å²) in [4.78, 5) is 15.6. The van der Waals surface area contributed by atoms with Crippen LogP contribution in [0.5, 0.6) is 5.75 Å². The van der Waals surface area contributed by atoms with Gasteiger partial charge in [0, 0.05) is 16.7 Å². The minimum absolute atomic E-state index is 0.266. The van der Waals surface area contributed by atoms with Gasteiger partial charge in [0.15, 0.2) is 0 Å². The fourth-order valence-electron chi connectivity index (χ4n) is 3.14. The number of esters is 1. The number of ether oxygens (including phenoxy) is 2. The Morgan fingerprint density at radius 1 is 1.15 bits per heavy atom. The first-order chi connectivity index (χ1) is 12.5. The molecule has 0 atom stereocenters. The Hall–Kier alpha value is -2.14. The largest absolute Gasteiger partial charge is 0.488 e. The van der Waals surface area contributed by atoms with Gasteiger partial charge in [0.1, 0.15) is 18.1 Å². The number of halogens is 3. The van der Waals surface area contributed by atoms with E-state index in [2.05, 4.69) is 4.98 Å². The van der Waals surface area contributed by atoms with Gasteiger partial charge in [-0.25, -0.2) is 4.79 Å². The molecule has 3 aromatic rings. The highest BCUT2D eigenvalue weighted by Gasteiger charge is 2.29. The number of hydrogen-bond donors (Lipinski definition) is 1. The van der Waals surface area contributed by atoms with E-state index in [1.165, 1.54) is 7.11 Å². The minimum atomic E-state index is -0.492. The maximum Gasteiger partial charge on any atom is 0.355 e. The van der Waals surface area contributed by atoms with Crippen LogP contribution >= 0.6 is 34.8 Å². The van der Waals surface area contributed by atoms with Gasteiger partial charge in [0.25, 0.3) is 0 Å². The monoisotopic (exact) mass is 407 g/mol. The fraction of sp³-hybridized carbons (Fsp3) is 0.105. The van der Waals surface area contributed by atoms with Crippen molar-refractivity contribution in [1.82, 2.24) is 4.98 Å². The lowest BCUT2D eigenvalue weighted by Crippen LogP contribution is -2.05. The molecule has 4 nitrogen and oxygen atoms in total. The predicted molar refractivity (Wildman–Crippen MR) is 102 cm³/mol. The summed E-state index contributed by atoms with van der Waals surface area (Å²) < 4.78 is 10.8. The van der Waals surface area contributed by atoms with Crippen LogP contribution < -0.4 is 4.74 Å². The van der Waals surface area contributed by atoms with E-state index in [-0.39, 0.29) is 5.02 Å². The fourth-order valence-corrected chi connectivity index (χ4v) is 3.73. The summed E-state index contributed by atoms with van der Waals surface area (Å²) in [5.41, 5.74) is 4.12. The summed E-state index contributed by atoms with van der Waals surface area (Å²) in [6.45, 7) is 0.299. The number of carbonyl (C=O) groups excluding carboxylic acids is 1. The minimum Gasteiger partial charge on any atom is -0.488 e. The lowest BCUT2D eigenvalue weighted by atomic mass is 9.96. The second-order valence-corrected chi connectivity index (χ2v) is 6.95. The molecule has 1 aliphatic rings. The predicted octanol–water partition coefficient (Wildman–Crippen LogP) is 5.99. The van der Waals surface area contributed by atoms with Crippen molar-refractivity contribution in [2.75, 3.05) is 7.11 Å². The van der Waals surface area contributed by atoms with Crippen LogP contribution in [0.1, 0.15) is 16.1 Å². The van der Waals surface area contributed by atoms with Gasteiger partial charge in [-0.3, -0.25) is 0 Å². The molecular weight excluding hydrogens is 397 g/mol. The third-order valence-corrected chi connectivity index (χ3v) is 5.49. The average Bonchev–Trinajstić information content (AvgIpc) is 3.05. The third-order valence-electron chi connectivity index (χ3n) is 4.29. The van der Waals surface area contributed by atoms with E-state index in [4.69, 9.17) is 44.3 Å². The van der Waals surface area contributed by atoms with Crippen molar-refractivity contribution in [2.24, 2.45) is 0 Å². The summed E-state index contributed by atoms with van der Waals surface area (Å²) in [6, 6.07) is 11.0. The number of nitrogens with one attached hydrogen (secondary N) is 1. The molecule has 1 N–H and O–H groups in total. The van der Waals surface area contributed by atoms with E-state index in [1.54, 1.807) is 12.1 Å². The molecule has 0 radical (unpaired) electrons. The topological polar surface area (TPSA) is 51.3 Å². The quantitative estimate of drug-likeness (QED) is 0.419. The molecule has 1 aliphatic heterocycles. The van der Waals surface area contributed by atoms with Crippen LogP contribution in [0.3, 0.4) is 0 Å². The Labute approximate surface area is 164 Å². The van der Waals surface area contributed by atoms with E-state index < -0.39 is 5.97 Å².